The summed E-state index contributed by atoms with van der Waals surface area (Å²) in [5.74, 6) is 0. The lowest BCUT2D eigenvalue weighted by Gasteiger charge is -2.24. The summed E-state index contributed by atoms with van der Waals surface area (Å²) in [6.07, 6.45) is 0. The molecule has 1 heterocycles. The number of nitro groups is 1. The molecule has 0 aliphatic carbocycles. The molecule has 0 saturated carbocycles. The number of hydrogen-bond acceptors (Lipinski definition) is 4. The Morgan fingerprint density at radius 3 is 3.00 bits per heavy atom. The number of ether oxygens (including phenoxy) is 1. The second-order valence-corrected chi connectivity index (χ2v) is 3.88. The first kappa shape index (κ1) is 11.0. The van der Waals surface area contributed by atoms with Gasteiger partial charge in [0, 0.05) is 18.2 Å². The van der Waals surface area contributed by atoms with Crippen LogP contribution in [0, 0.1) is 17.0 Å². The van der Waals surface area contributed by atoms with Gasteiger partial charge >= 0.3 is 0 Å². The van der Waals surface area contributed by atoms with Crippen molar-refractivity contribution in [2.45, 2.75) is 13.0 Å². The smallest absolute Gasteiger partial charge is 0.272 e. The highest BCUT2D eigenvalue weighted by Crippen LogP contribution is 2.24. The zero-order valence-corrected chi connectivity index (χ0v) is 9.10. The number of benzene rings is 1. The van der Waals surface area contributed by atoms with E-state index in [2.05, 4.69) is 5.32 Å². The third-order valence-corrected chi connectivity index (χ3v) is 2.75. The molecule has 86 valence electrons. The first-order valence-electron chi connectivity index (χ1n) is 5.24. The van der Waals surface area contributed by atoms with E-state index in [1.807, 2.05) is 6.07 Å². The highest BCUT2D eigenvalue weighted by atomic mass is 16.6. The van der Waals surface area contributed by atoms with Crippen molar-refractivity contribution in [1.82, 2.24) is 5.32 Å². The standard InChI is InChI=1S/C11H14N2O3/c1-8-2-3-9(6-11(8)13(14)15)10-7-16-5-4-12-10/h2-3,6,10,12H,4-5,7H2,1H3/t10-/m0/s1. The van der Waals surface area contributed by atoms with E-state index in [1.165, 1.54) is 0 Å². The minimum atomic E-state index is -0.345. The third-order valence-electron chi connectivity index (χ3n) is 2.75. The number of rotatable bonds is 2. The van der Waals surface area contributed by atoms with Crippen molar-refractivity contribution in [1.29, 1.82) is 0 Å². The number of nitrogens with one attached hydrogen (secondary N) is 1. The molecular weight excluding hydrogens is 208 g/mol. The first-order valence-corrected chi connectivity index (χ1v) is 5.24. The molecule has 0 aromatic heterocycles. The Morgan fingerprint density at radius 2 is 2.38 bits per heavy atom. The summed E-state index contributed by atoms with van der Waals surface area (Å²) < 4.78 is 5.33. The minimum Gasteiger partial charge on any atom is -0.378 e. The minimum absolute atomic E-state index is 0.0630. The average Bonchev–Trinajstić information content (AvgIpc) is 2.30. The maximum Gasteiger partial charge on any atom is 0.272 e. The monoisotopic (exact) mass is 222 g/mol. The predicted molar refractivity (Wildman–Crippen MR) is 59.4 cm³/mol. The highest BCUT2D eigenvalue weighted by Gasteiger charge is 2.19. The van der Waals surface area contributed by atoms with E-state index >= 15 is 0 Å². The largest absolute Gasteiger partial charge is 0.378 e. The Hall–Kier alpha value is -1.46. The molecule has 0 unspecified atom stereocenters. The number of aryl methyl sites for hydroxylation is 1. The lowest BCUT2D eigenvalue weighted by atomic mass is 10.0. The van der Waals surface area contributed by atoms with Gasteiger partial charge in [0.2, 0.25) is 0 Å². The second kappa shape index (κ2) is 4.59. The van der Waals surface area contributed by atoms with Crippen molar-refractivity contribution in [3.63, 3.8) is 0 Å². The molecule has 1 aliphatic heterocycles. The van der Waals surface area contributed by atoms with Gasteiger partial charge in [0.15, 0.2) is 0 Å². The molecule has 2 rings (SSSR count). The van der Waals surface area contributed by atoms with Gasteiger partial charge in [0.25, 0.3) is 5.69 Å². The number of morpholine rings is 1. The SMILES string of the molecule is Cc1ccc([C@@H]2COCCN2)cc1[N+](=O)[O-]. The summed E-state index contributed by atoms with van der Waals surface area (Å²) in [6.45, 7) is 3.80. The third kappa shape index (κ3) is 2.20. The number of nitro benzene ring substituents is 1. The van der Waals surface area contributed by atoms with Crippen LogP contribution in [0.15, 0.2) is 18.2 Å². The van der Waals surface area contributed by atoms with Gasteiger partial charge in [0.05, 0.1) is 24.2 Å². The Kier molecular flexibility index (Phi) is 3.17. The molecule has 5 heteroatoms. The fraction of sp³-hybridized carbons (Fsp3) is 0.455. The van der Waals surface area contributed by atoms with Crippen molar-refractivity contribution in [3.8, 4) is 0 Å². The van der Waals surface area contributed by atoms with Crippen molar-refractivity contribution >= 4 is 5.69 Å². The summed E-state index contributed by atoms with van der Waals surface area (Å²) in [6, 6.07) is 5.38. The summed E-state index contributed by atoms with van der Waals surface area (Å²) in [4.78, 5) is 10.5. The van der Waals surface area contributed by atoms with Gasteiger partial charge in [0.1, 0.15) is 0 Å². The van der Waals surface area contributed by atoms with Gasteiger partial charge in [-0.05, 0) is 12.5 Å². The van der Waals surface area contributed by atoms with Crippen molar-refractivity contribution < 1.29 is 9.66 Å². The van der Waals surface area contributed by atoms with Gasteiger partial charge in [-0.2, -0.15) is 0 Å². The maximum absolute atomic E-state index is 10.8. The van der Waals surface area contributed by atoms with Gasteiger partial charge in [-0.1, -0.05) is 12.1 Å². The molecule has 1 aliphatic rings. The molecule has 1 saturated heterocycles. The summed E-state index contributed by atoms with van der Waals surface area (Å²) in [5, 5.41) is 14.1. The number of nitrogens with zero attached hydrogens (tertiary/aromatic N) is 1. The van der Waals surface area contributed by atoms with Crippen LogP contribution in [0.2, 0.25) is 0 Å². The van der Waals surface area contributed by atoms with Crippen molar-refractivity contribution in [2.75, 3.05) is 19.8 Å². The maximum atomic E-state index is 10.8. The van der Waals surface area contributed by atoms with E-state index in [-0.39, 0.29) is 16.7 Å². The molecule has 1 aromatic rings. The van der Waals surface area contributed by atoms with Crippen LogP contribution < -0.4 is 5.32 Å². The molecule has 0 radical (unpaired) electrons. The van der Waals surface area contributed by atoms with Crippen LogP contribution in [0.1, 0.15) is 17.2 Å². The molecule has 0 bridgehead atoms. The zero-order valence-electron chi connectivity index (χ0n) is 9.10. The van der Waals surface area contributed by atoms with E-state index < -0.39 is 0 Å². The topological polar surface area (TPSA) is 64.4 Å². The normalized spacial score (nSPS) is 20.7. The lowest BCUT2D eigenvalue weighted by molar-refractivity contribution is -0.385. The van der Waals surface area contributed by atoms with E-state index in [0.717, 1.165) is 12.1 Å². The van der Waals surface area contributed by atoms with Crippen LogP contribution in [0.4, 0.5) is 5.69 Å². The molecule has 1 fully saturated rings. The molecular formula is C11H14N2O3. The molecule has 5 nitrogen and oxygen atoms in total. The van der Waals surface area contributed by atoms with Crippen LogP contribution >= 0.6 is 0 Å². The molecule has 0 amide bonds. The Labute approximate surface area is 93.6 Å². The van der Waals surface area contributed by atoms with Crippen LogP contribution in [0.3, 0.4) is 0 Å². The van der Waals surface area contributed by atoms with Gasteiger partial charge in [-0.25, -0.2) is 0 Å². The average molecular weight is 222 g/mol. The summed E-state index contributed by atoms with van der Waals surface area (Å²) in [5.41, 5.74) is 1.77. The second-order valence-electron chi connectivity index (χ2n) is 3.88. The van der Waals surface area contributed by atoms with Crippen LogP contribution in [0.5, 0.6) is 0 Å². The van der Waals surface area contributed by atoms with E-state index in [0.29, 0.717) is 18.8 Å². The van der Waals surface area contributed by atoms with E-state index in [4.69, 9.17) is 4.74 Å². The van der Waals surface area contributed by atoms with Crippen LogP contribution in [-0.2, 0) is 4.74 Å². The van der Waals surface area contributed by atoms with E-state index in [9.17, 15) is 10.1 Å². The van der Waals surface area contributed by atoms with Gasteiger partial charge in [-0.15, -0.1) is 0 Å². The van der Waals surface area contributed by atoms with Crippen LogP contribution in [0.25, 0.3) is 0 Å². The molecule has 1 aromatic carbocycles. The fourth-order valence-corrected chi connectivity index (χ4v) is 1.82. The summed E-state index contributed by atoms with van der Waals surface area (Å²) >= 11 is 0. The molecule has 0 spiro atoms. The highest BCUT2D eigenvalue weighted by molar-refractivity contribution is 5.43. The fourth-order valence-electron chi connectivity index (χ4n) is 1.82. The van der Waals surface area contributed by atoms with E-state index in [1.54, 1.807) is 19.1 Å². The number of hydrogen-bond donors (Lipinski definition) is 1. The quantitative estimate of drug-likeness (QED) is 0.609. The van der Waals surface area contributed by atoms with Gasteiger partial charge < -0.3 is 10.1 Å². The Morgan fingerprint density at radius 1 is 1.56 bits per heavy atom. The molecule has 1 N–H and O–H groups in total. The Bertz CT molecular complexity index is 400. The van der Waals surface area contributed by atoms with Gasteiger partial charge in [-0.3, -0.25) is 10.1 Å². The zero-order chi connectivity index (χ0) is 11.5. The Balaban J connectivity index is 2.27. The van der Waals surface area contributed by atoms with Crippen molar-refractivity contribution in [3.05, 3.63) is 39.4 Å². The summed E-state index contributed by atoms with van der Waals surface area (Å²) in [7, 11) is 0. The molecule has 1 atom stereocenters. The first-order chi connectivity index (χ1) is 7.68. The van der Waals surface area contributed by atoms with Crippen LogP contribution in [-0.4, -0.2) is 24.7 Å². The molecule has 16 heavy (non-hydrogen) atoms. The van der Waals surface area contributed by atoms with Crippen molar-refractivity contribution in [2.24, 2.45) is 0 Å². The lowest BCUT2D eigenvalue weighted by Crippen LogP contribution is -2.34. The predicted octanol–water partition coefficient (Wildman–Crippen LogP) is 1.56.